The van der Waals surface area contributed by atoms with E-state index in [1.54, 1.807) is 0 Å². The third-order valence-corrected chi connectivity index (χ3v) is 3.86. The summed E-state index contributed by atoms with van der Waals surface area (Å²) in [7, 11) is 0. The molecule has 5 nitrogen and oxygen atoms in total. The van der Waals surface area contributed by atoms with Crippen molar-refractivity contribution in [2.24, 2.45) is 0 Å². The summed E-state index contributed by atoms with van der Waals surface area (Å²) in [6.07, 6.45) is 9.87. The van der Waals surface area contributed by atoms with Gasteiger partial charge in [0.05, 0.1) is 6.42 Å². The lowest BCUT2D eigenvalue weighted by atomic mass is 10.1. The molecule has 0 saturated heterocycles. The highest BCUT2D eigenvalue weighted by molar-refractivity contribution is 5.87. The molecule has 0 rings (SSSR count). The fourth-order valence-corrected chi connectivity index (χ4v) is 2.35. The lowest BCUT2D eigenvalue weighted by Gasteiger charge is -2.11. The van der Waals surface area contributed by atoms with Gasteiger partial charge >= 0.3 is 0 Å². The Morgan fingerprint density at radius 1 is 0.783 bits per heavy atom. The number of aliphatic hydroxyl groups excluding tert-OH is 1. The van der Waals surface area contributed by atoms with Crippen molar-refractivity contribution in [1.82, 2.24) is 10.6 Å². The summed E-state index contributed by atoms with van der Waals surface area (Å²) in [5, 5.41) is 15.2. The molecule has 136 valence electrons. The number of rotatable bonds is 15. The van der Waals surface area contributed by atoms with Crippen LogP contribution in [-0.2, 0) is 9.59 Å². The zero-order valence-corrected chi connectivity index (χ0v) is 15.0. The first-order valence-corrected chi connectivity index (χ1v) is 9.34. The molecule has 0 fully saturated rings. The van der Waals surface area contributed by atoms with Crippen molar-refractivity contribution in [2.75, 3.05) is 13.1 Å². The molecule has 0 aliphatic rings. The number of carbonyl (C=O) groups excluding carboxylic acids is 2. The molecule has 0 unspecified atom stereocenters. The first kappa shape index (κ1) is 21.9. The zero-order valence-electron chi connectivity index (χ0n) is 15.0. The number of aliphatic hydroxyl groups is 1. The van der Waals surface area contributed by atoms with Crippen molar-refractivity contribution in [2.45, 2.75) is 90.6 Å². The molecule has 0 aromatic heterocycles. The highest BCUT2D eigenvalue weighted by atomic mass is 16.3. The first-order valence-electron chi connectivity index (χ1n) is 9.34. The van der Waals surface area contributed by atoms with Gasteiger partial charge in [-0.2, -0.15) is 0 Å². The molecule has 0 saturated carbocycles. The molecule has 3 N–H and O–H groups in total. The summed E-state index contributed by atoms with van der Waals surface area (Å²) >= 11 is 0. The van der Waals surface area contributed by atoms with Crippen LogP contribution in [0.15, 0.2) is 0 Å². The number of hydrogen-bond donors (Lipinski definition) is 3. The number of unbranched alkanes of at least 4 members (excludes halogenated alkanes) is 8. The number of nitrogens with one attached hydrogen (secondary N) is 2. The van der Waals surface area contributed by atoms with E-state index in [0.717, 1.165) is 25.7 Å². The minimum atomic E-state index is -1.24. The summed E-state index contributed by atoms with van der Waals surface area (Å²) in [4.78, 5) is 23.3. The van der Waals surface area contributed by atoms with E-state index < -0.39 is 12.0 Å². The Labute approximate surface area is 141 Å². The minimum Gasteiger partial charge on any atom is -0.383 e. The maximum Gasteiger partial charge on any atom is 0.249 e. The van der Waals surface area contributed by atoms with Gasteiger partial charge in [0.15, 0.2) is 0 Å². The smallest absolute Gasteiger partial charge is 0.249 e. The van der Waals surface area contributed by atoms with Crippen molar-refractivity contribution in [1.29, 1.82) is 0 Å². The van der Waals surface area contributed by atoms with Gasteiger partial charge in [0.25, 0.3) is 0 Å². The number of hydrogen-bond acceptors (Lipinski definition) is 3. The summed E-state index contributed by atoms with van der Waals surface area (Å²) in [6, 6.07) is 0. The van der Waals surface area contributed by atoms with E-state index in [1.165, 1.54) is 38.5 Å². The van der Waals surface area contributed by atoms with Crippen molar-refractivity contribution >= 4 is 11.8 Å². The molecule has 0 radical (unpaired) electrons. The Kier molecular flexibility index (Phi) is 15.0. The maximum atomic E-state index is 11.7. The van der Waals surface area contributed by atoms with Gasteiger partial charge in [-0.05, 0) is 12.8 Å². The maximum absolute atomic E-state index is 11.7. The molecule has 0 spiro atoms. The summed E-state index contributed by atoms with van der Waals surface area (Å²) in [5.74, 6) is -0.704. The third kappa shape index (κ3) is 14.2. The predicted octanol–water partition coefficient (Wildman–Crippen LogP) is 2.91. The van der Waals surface area contributed by atoms with Crippen LogP contribution in [0.4, 0.5) is 0 Å². The largest absolute Gasteiger partial charge is 0.383 e. The fourth-order valence-electron chi connectivity index (χ4n) is 2.35. The van der Waals surface area contributed by atoms with Crippen LogP contribution in [0.2, 0.25) is 0 Å². The van der Waals surface area contributed by atoms with Crippen LogP contribution in [0.25, 0.3) is 0 Å². The molecule has 0 aliphatic heterocycles. The van der Waals surface area contributed by atoms with Gasteiger partial charge in [-0.25, -0.2) is 0 Å². The van der Waals surface area contributed by atoms with E-state index in [2.05, 4.69) is 24.5 Å². The predicted molar refractivity (Wildman–Crippen MR) is 94.2 cm³/mol. The monoisotopic (exact) mass is 328 g/mol. The van der Waals surface area contributed by atoms with Crippen LogP contribution >= 0.6 is 0 Å². The molecule has 5 heteroatoms. The molecule has 1 atom stereocenters. The van der Waals surface area contributed by atoms with E-state index in [-0.39, 0.29) is 12.3 Å². The quantitative estimate of drug-likeness (QED) is 0.404. The summed E-state index contributed by atoms with van der Waals surface area (Å²) < 4.78 is 0. The first-order chi connectivity index (χ1) is 11.1. The second-order valence-corrected chi connectivity index (χ2v) is 6.19. The Balaban J connectivity index is 3.59. The van der Waals surface area contributed by atoms with Crippen LogP contribution in [0.5, 0.6) is 0 Å². The van der Waals surface area contributed by atoms with Gasteiger partial charge in [-0.15, -0.1) is 0 Å². The fraction of sp³-hybridized carbons (Fsp3) is 0.889. The molecule has 0 aromatic carbocycles. The standard InChI is InChI=1S/C18H36N2O3/c1-3-5-7-9-11-13-19-17(22)15-16(21)18(23)20-14-12-10-8-6-4-2/h16,21H,3-15H2,1-2H3,(H,19,22)(H,20,23)/t16-/m0/s1. The highest BCUT2D eigenvalue weighted by Crippen LogP contribution is 2.02. The van der Waals surface area contributed by atoms with Crippen LogP contribution in [0.1, 0.15) is 84.5 Å². The van der Waals surface area contributed by atoms with Gasteiger partial charge in [0.2, 0.25) is 11.8 Å². The van der Waals surface area contributed by atoms with Crippen LogP contribution in [0, 0.1) is 0 Å². The number of amides is 2. The molecular weight excluding hydrogens is 292 g/mol. The van der Waals surface area contributed by atoms with E-state index in [1.807, 2.05) is 0 Å². The Bertz CT molecular complexity index is 309. The lowest BCUT2D eigenvalue weighted by molar-refractivity contribution is -0.134. The highest BCUT2D eigenvalue weighted by Gasteiger charge is 2.18. The molecular formula is C18H36N2O3. The second kappa shape index (κ2) is 15.8. The molecule has 0 heterocycles. The lowest BCUT2D eigenvalue weighted by Crippen LogP contribution is -2.39. The van der Waals surface area contributed by atoms with Crippen LogP contribution in [0.3, 0.4) is 0 Å². The van der Waals surface area contributed by atoms with Gasteiger partial charge in [-0.3, -0.25) is 9.59 Å². The van der Waals surface area contributed by atoms with Gasteiger partial charge in [0.1, 0.15) is 6.10 Å². The molecule has 2 amide bonds. The van der Waals surface area contributed by atoms with Crippen molar-refractivity contribution in [3.05, 3.63) is 0 Å². The van der Waals surface area contributed by atoms with Gasteiger partial charge < -0.3 is 15.7 Å². The average molecular weight is 328 g/mol. The Morgan fingerprint density at radius 2 is 1.26 bits per heavy atom. The van der Waals surface area contributed by atoms with Crippen molar-refractivity contribution in [3.8, 4) is 0 Å². The Morgan fingerprint density at radius 3 is 1.78 bits per heavy atom. The second-order valence-electron chi connectivity index (χ2n) is 6.19. The van der Waals surface area contributed by atoms with E-state index >= 15 is 0 Å². The van der Waals surface area contributed by atoms with Gasteiger partial charge in [-0.1, -0.05) is 65.2 Å². The molecule has 0 bridgehead atoms. The zero-order chi connectivity index (χ0) is 17.3. The normalized spacial score (nSPS) is 12.0. The van der Waals surface area contributed by atoms with Gasteiger partial charge in [0, 0.05) is 13.1 Å². The van der Waals surface area contributed by atoms with E-state index in [0.29, 0.717) is 13.1 Å². The molecule has 23 heavy (non-hydrogen) atoms. The minimum absolute atomic E-state index is 0.156. The summed E-state index contributed by atoms with van der Waals surface area (Å²) in [5.41, 5.74) is 0. The van der Waals surface area contributed by atoms with Crippen LogP contribution in [-0.4, -0.2) is 36.1 Å². The summed E-state index contributed by atoms with van der Waals surface area (Å²) in [6.45, 7) is 5.51. The SMILES string of the molecule is CCCCCCCNC(=O)C[C@H](O)C(=O)NCCCCCCC. The van der Waals surface area contributed by atoms with E-state index in [4.69, 9.17) is 0 Å². The Hall–Kier alpha value is -1.10. The molecule has 0 aliphatic carbocycles. The average Bonchev–Trinajstić information content (AvgIpc) is 2.53. The topological polar surface area (TPSA) is 78.4 Å². The third-order valence-electron chi connectivity index (χ3n) is 3.86. The van der Waals surface area contributed by atoms with Crippen molar-refractivity contribution in [3.63, 3.8) is 0 Å². The van der Waals surface area contributed by atoms with Crippen molar-refractivity contribution < 1.29 is 14.7 Å². The van der Waals surface area contributed by atoms with Crippen LogP contribution < -0.4 is 10.6 Å². The number of carbonyl (C=O) groups is 2. The van der Waals surface area contributed by atoms with E-state index in [9.17, 15) is 14.7 Å². The molecule has 0 aromatic rings.